The summed E-state index contributed by atoms with van der Waals surface area (Å²) >= 11 is 2.04. The van der Waals surface area contributed by atoms with Crippen molar-refractivity contribution in [3.63, 3.8) is 0 Å². The van der Waals surface area contributed by atoms with E-state index in [0.29, 0.717) is 16.9 Å². The molecule has 0 aromatic carbocycles. The highest BCUT2D eigenvalue weighted by Gasteiger charge is 2.07. The maximum absolute atomic E-state index is 10.7. The summed E-state index contributed by atoms with van der Waals surface area (Å²) in [7, 11) is 0. The van der Waals surface area contributed by atoms with E-state index in [1.54, 1.807) is 6.07 Å². The number of nitrogen functional groups attached to an aromatic ring is 1. The van der Waals surface area contributed by atoms with Crippen LogP contribution >= 0.6 is 35.0 Å². The molecule has 0 aliphatic rings. The van der Waals surface area contributed by atoms with Gasteiger partial charge in [-0.3, -0.25) is 0 Å². The van der Waals surface area contributed by atoms with Gasteiger partial charge < -0.3 is 10.8 Å². The highest BCUT2D eigenvalue weighted by Crippen LogP contribution is 2.19. The third-order valence-electron chi connectivity index (χ3n) is 1.90. The van der Waals surface area contributed by atoms with Crippen LogP contribution in [0.1, 0.15) is 10.4 Å². The minimum absolute atomic E-state index is 0. The number of nitrogens with two attached hydrogens (primary N) is 1. The van der Waals surface area contributed by atoms with Gasteiger partial charge in [0, 0.05) is 11.6 Å². The van der Waals surface area contributed by atoms with Crippen molar-refractivity contribution < 1.29 is 9.90 Å². The van der Waals surface area contributed by atoms with E-state index < -0.39 is 5.97 Å². The average molecular weight is 352 g/mol. The first-order chi connectivity index (χ1) is 7.08. The molecular formula is C9H7ClIN3O2. The molecule has 7 heteroatoms. The van der Waals surface area contributed by atoms with Crippen molar-refractivity contribution >= 4 is 57.8 Å². The first kappa shape index (κ1) is 12.9. The minimum Gasteiger partial charge on any atom is -0.478 e. The Hall–Kier alpha value is -1.15. The molecular weight excluding hydrogens is 344 g/mol. The minimum atomic E-state index is -1.00. The van der Waals surface area contributed by atoms with Crippen LogP contribution in [0, 0.1) is 3.57 Å². The zero-order valence-corrected chi connectivity index (χ0v) is 10.8. The van der Waals surface area contributed by atoms with E-state index >= 15 is 0 Å². The second-order valence-electron chi connectivity index (χ2n) is 2.93. The summed E-state index contributed by atoms with van der Waals surface area (Å²) in [6.07, 6.45) is 1.27. The Bertz CT molecular complexity index is 562. The number of aromatic nitrogens is 2. The quantitative estimate of drug-likeness (QED) is 0.767. The number of fused-ring (bicyclic) bond motifs is 1. The molecule has 0 bridgehead atoms. The Morgan fingerprint density at radius 1 is 1.44 bits per heavy atom. The molecule has 2 rings (SSSR count). The summed E-state index contributed by atoms with van der Waals surface area (Å²) in [4.78, 5) is 18.7. The van der Waals surface area contributed by atoms with Gasteiger partial charge in [0.25, 0.3) is 0 Å². The fourth-order valence-electron chi connectivity index (χ4n) is 1.17. The molecule has 0 spiro atoms. The summed E-state index contributed by atoms with van der Waals surface area (Å²) in [6.45, 7) is 0. The lowest BCUT2D eigenvalue weighted by molar-refractivity contribution is 0.0696. The number of pyridine rings is 2. The number of hydrogen-bond acceptors (Lipinski definition) is 4. The van der Waals surface area contributed by atoms with Crippen LogP contribution < -0.4 is 5.73 Å². The highest BCUT2D eigenvalue weighted by molar-refractivity contribution is 14.1. The first-order valence-corrected chi connectivity index (χ1v) is 5.11. The lowest BCUT2D eigenvalue weighted by Crippen LogP contribution is -2.00. The molecule has 0 saturated heterocycles. The number of rotatable bonds is 1. The maximum atomic E-state index is 10.7. The molecule has 3 N–H and O–H groups in total. The number of carboxylic acid groups (broad SMARTS) is 1. The summed E-state index contributed by atoms with van der Waals surface area (Å²) in [5, 5.41) is 9.46. The topological polar surface area (TPSA) is 89.1 Å². The van der Waals surface area contributed by atoms with Crippen LogP contribution in [0.4, 0.5) is 5.82 Å². The van der Waals surface area contributed by atoms with Crippen molar-refractivity contribution in [2.24, 2.45) is 0 Å². The van der Waals surface area contributed by atoms with Gasteiger partial charge in [0.1, 0.15) is 5.82 Å². The molecule has 0 unspecified atom stereocenters. The number of aromatic carboxylic acids is 1. The molecule has 0 aliphatic carbocycles. The van der Waals surface area contributed by atoms with E-state index in [-0.39, 0.29) is 18.0 Å². The zero-order valence-electron chi connectivity index (χ0n) is 7.85. The van der Waals surface area contributed by atoms with Gasteiger partial charge in [0.05, 0.1) is 9.13 Å². The summed E-state index contributed by atoms with van der Waals surface area (Å²) < 4.78 is 0.782. The Morgan fingerprint density at radius 3 is 2.75 bits per heavy atom. The first-order valence-electron chi connectivity index (χ1n) is 4.03. The Labute approximate surface area is 111 Å². The molecule has 0 amide bonds. The summed E-state index contributed by atoms with van der Waals surface area (Å²) in [5.41, 5.74) is 6.21. The van der Waals surface area contributed by atoms with E-state index in [4.69, 9.17) is 10.8 Å². The molecule has 0 atom stereocenters. The van der Waals surface area contributed by atoms with Gasteiger partial charge in [-0.05, 0) is 34.7 Å². The average Bonchev–Trinajstić information content (AvgIpc) is 2.19. The lowest BCUT2D eigenvalue weighted by Gasteiger charge is -2.01. The Morgan fingerprint density at radius 2 is 2.12 bits per heavy atom. The van der Waals surface area contributed by atoms with E-state index in [9.17, 15) is 4.79 Å². The second-order valence-corrected chi connectivity index (χ2v) is 4.09. The molecule has 0 fully saturated rings. The second kappa shape index (κ2) is 4.79. The van der Waals surface area contributed by atoms with E-state index in [2.05, 4.69) is 9.97 Å². The van der Waals surface area contributed by atoms with E-state index in [1.165, 1.54) is 12.3 Å². The van der Waals surface area contributed by atoms with Crippen LogP contribution in [0.25, 0.3) is 11.0 Å². The smallest absolute Gasteiger partial charge is 0.337 e. The summed E-state index contributed by atoms with van der Waals surface area (Å²) in [6, 6.07) is 3.29. The zero-order chi connectivity index (χ0) is 11.0. The molecule has 0 radical (unpaired) electrons. The number of carbonyl (C=O) groups is 1. The van der Waals surface area contributed by atoms with Crippen molar-refractivity contribution in [1.29, 1.82) is 0 Å². The number of halogens is 2. The van der Waals surface area contributed by atoms with Gasteiger partial charge in [0.2, 0.25) is 0 Å². The van der Waals surface area contributed by atoms with Crippen LogP contribution in [0.15, 0.2) is 18.3 Å². The van der Waals surface area contributed by atoms with E-state index in [0.717, 1.165) is 3.57 Å². The standard InChI is InChI=1S/C9H6IN3O2.ClH/c10-6-2-4-1-5(9(14)15)3-12-8(4)13-7(6)11;/h1-3H,(H,14,15)(H2,11,12,13);1H. The van der Waals surface area contributed by atoms with Gasteiger partial charge in [0.15, 0.2) is 5.65 Å². The summed E-state index contributed by atoms with van der Waals surface area (Å²) in [5.74, 6) is -0.602. The van der Waals surface area contributed by atoms with Gasteiger partial charge in [-0.15, -0.1) is 12.4 Å². The maximum Gasteiger partial charge on any atom is 0.337 e. The largest absolute Gasteiger partial charge is 0.478 e. The predicted molar refractivity (Wildman–Crippen MR) is 70.9 cm³/mol. The molecule has 16 heavy (non-hydrogen) atoms. The normalized spacial score (nSPS) is 9.81. The Balaban J connectivity index is 0.00000128. The van der Waals surface area contributed by atoms with Crippen LogP contribution in [0.3, 0.4) is 0 Å². The van der Waals surface area contributed by atoms with Gasteiger partial charge >= 0.3 is 5.97 Å². The lowest BCUT2D eigenvalue weighted by atomic mass is 10.2. The van der Waals surface area contributed by atoms with Crippen LogP contribution in [0.5, 0.6) is 0 Å². The molecule has 2 heterocycles. The van der Waals surface area contributed by atoms with E-state index in [1.807, 2.05) is 22.6 Å². The third kappa shape index (κ3) is 2.33. The molecule has 0 aliphatic heterocycles. The monoisotopic (exact) mass is 351 g/mol. The SMILES string of the molecule is Cl.Nc1nc2ncc(C(=O)O)cc2cc1I. The Kier molecular flexibility index (Phi) is 3.87. The molecule has 0 saturated carbocycles. The highest BCUT2D eigenvalue weighted by atomic mass is 127. The van der Waals surface area contributed by atoms with Crippen LogP contribution in [0.2, 0.25) is 0 Å². The van der Waals surface area contributed by atoms with Crippen molar-refractivity contribution in [3.05, 3.63) is 27.5 Å². The molecule has 2 aromatic rings. The van der Waals surface area contributed by atoms with Gasteiger partial charge in [-0.2, -0.15) is 0 Å². The van der Waals surface area contributed by atoms with Crippen molar-refractivity contribution in [2.45, 2.75) is 0 Å². The fraction of sp³-hybridized carbons (Fsp3) is 0. The van der Waals surface area contributed by atoms with Crippen molar-refractivity contribution in [2.75, 3.05) is 5.73 Å². The predicted octanol–water partition coefficient (Wildman–Crippen LogP) is 1.94. The van der Waals surface area contributed by atoms with Gasteiger partial charge in [-0.1, -0.05) is 0 Å². The van der Waals surface area contributed by atoms with Crippen LogP contribution in [-0.4, -0.2) is 21.0 Å². The number of hydrogen-bond donors (Lipinski definition) is 2. The van der Waals surface area contributed by atoms with Crippen LogP contribution in [-0.2, 0) is 0 Å². The fourth-order valence-corrected chi connectivity index (χ4v) is 1.63. The number of nitrogens with zero attached hydrogens (tertiary/aromatic N) is 2. The third-order valence-corrected chi connectivity index (χ3v) is 2.76. The molecule has 5 nitrogen and oxygen atoms in total. The van der Waals surface area contributed by atoms with Gasteiger partial charge in [-0.25, -0.2) is 14.8 Å². The molecule has 2 aromatic heterocycles. The molecule has 84 valence electrons. The number of carboxylic acids is 1. The van der Waals surface area contributed by atoms with Crippen molar-refractivity contribution in [1.82, 2.24) is 9.97 Å². The number of anilines is 1. The van der Waals surface area contributed by atoms with Crippen molar-refractivity contribution in [3.8, 4) is 0 Å².